The highest BCUT2D eigenvalue weighted by Gasteiger charge is 2.27. The summed E-state index contributed by atoms with van der Waals surface area (Å²) in [7, 11) is 0. The summed E-state index contributed by atoms with van der Waals surface area (Å²) in [6.45, 7) is 7.09. The molecule has 98 valence electrons. The number of aryl methyl sites for hydroxylation is 1. The number of carboxylic acids is 1. The van der Waals surface area contributed by atoms with Crippen LogP contribution in [0.15, 0.2) is 18.2 Å². The van der Waals surface area contributed by atoms with Gasteiger partial charge in [0.25, 0.3) is 5.91 Å². The Balaban J connectivity index is 2.78. The van der Waals surface area contributed by atoms with Crippen molar-refractivity contribution in [3.8, 4) is 0 Å². The molecule has 0 bridgehead atoms. The van der Waals surface area contributed by atoms with Crippen molar-refractivity contribution >= 4 is 11.9 Å². The van der Waals surface area contributed by atoms with Crippen molar-refractivity contribution in [3.63, 3.8) is 0 Å². The molecule has 0 aliphatic rings. The van der Waals surface area contributed by atoms with E-state index < -0.39 is 11.4 Å². The molecule has 2 N–H and O–H groups in total. The average molecular weight is 249 g/mol. The van der Waals surface area contributed by atoms with Gasteiger partial charge in [0.05, 0.1) is 5.41 Å². The molecule has 4 nitrogen and oxygen atoms in total. The smallest absolute Gasteiger partial charge is 0.310 e. The summed E-state index contributed by atoms with van der Waals surface area (Å²) >= 11 is 0. The number of rotatable bonds is 4. The van der Waals surface area contributed by atoms with Crippen LogP contribution in [0.2, 0.25) is 0 Å². The molecule has 0 aliphatic heterocycles. The second-order valence-corrected chi connectivity index (χ2v) is 5.12. The molecule has 18 heavy (non-hydrogen) atoms. The van der Waals surface area contributed by atoms with Crippen molar-refractivity contribution in [2.45, 2.75) is 27.7 Å². The Morgan fingerprint density at radius 1 is 1.28 bits per heavy atom. The molecule has 1 aromatic rings. The molecule has 0 atom stereocenters. The van der Waals surface area contributed by atoms with Gasteiger partial charge >= 0.3 is 5.97 Å². The first-order valence-electron chi connectivity index (χ1n) is 5.83. The standard InChI is InChI=1S/C14H19NO3/c1-9-6-5-7-11(10(9)2)12(16)15-8-14(3,4)13(17)18/h5-7H,8H2,1-4H3,(H,15,16)(H,17,18). The van der Waals surface area contributed by atoms with Crippen molar-refractivity contribution in [2.24, 2.45) is 5.41 Å². The molecule has 1 aromatic carbocycles. The molecular weight excluding hydrogens is 230 g/mol. The Hall–Kier alpha value is -1.84. The summed E-state index contributed by atoms with van der Waals surface area (Å²) in [6, 6.07) is 5.50. The lowest BCUT2D eigenvalue weighted by Gasteiger charge is -2.20. The van der Waals surface area contributed by atoms with Crippen molar-refractivity contribution < 1.29 is 14.7 Å². The van der Waals surface area contributed by atoms with Gasteiger partial charge in [0, 0.05) is 12.1 Å². The Morgan fingerprint density at radius 2 is 1.89 bits per heavy atom. The topological polar surface area (TPSA) is 66.4 Å². The van der Waals surface area contributed by atoms with Gasteiger partial charge in [-0.25, -0.2) is 0 Å². The van der Waals surface area contributed by atoms with Gasteiger partial charge in [-0.15, -0.1) is 0 Å². The van der Waals surface area contributed by atoms with Crippen LogP contribution in [-0.4, -0.2) is 23.5 Å². The van der Waals surface area contributed by atoms with Crippen molar-refractivity contribution in [2.75, 3.05) is 6.54 Å². The highest BCUT2D eigenvalue weighted by atomic mass is 16.4. The minimum absolute atomic E-state index is 0.106. The van der Waals surface area contributed by atoms with Crippen LogP contribution in [0.3, 0.4) is 0 Å². The summed E-state index contributed by atoms with van der Waals surface area (Å²) in [6.07, 6.45) is 0. The fraction of sp³-hybridized carbons (Fsp3) is 0.429. The van der Waals surface area contributed by atoms with Crippen molar-refractivity contribution in [3.05, 3.63) is 34.9 Å². The molecule has 0 unspecified atom stereocenters. The quantitative estimate of drug-likeness (QED) is 0.859. The Kier molecular flexibility index (Phi) is 4.11. The molecular formula is C14H19NO3. The average Bonchev–Trinajstić information content (AvgIpc) is 2.29. The lowest BCUT2D eigenvalue weighted by Crippen LogP contribution is -2.39. The fourth-order valence-electron chi connectivity index (χ4n) is 1.47. The number of amides is 1. The lowest BCUT2D eigenvalue weighted by atomic mass is 9.93. The normalized spacial score (nSPS) is 11.1. The highest BCUT2D eigenvalue weighted by molar-refractivity contribution is 5.96. The Labute approximate surface area is 107 Å². The van der Waals surface area contributed by atoms with Gasteiger partial charge in [-0.3, -0.25) is 9.59 Å². The van der Waals surface area contributed by atoms with Gasteiger partial charge in [-0.05, 0) is 44.9 Å². The predicted octanol–water partition coefficient (Wildman–Crippen LogP) is 2.14. The third-order valence-electron chi connectivity index (χ3n) is 3.12. The van der Waals surface area contributed by atoms with Gasteiger partial charge in [0.1, 0.15) is 0 Å². The maximum atomic E-state index is 12.0. The van der Waals surface area contributed by atoms with E-state index in [1.807, 2.05) is 26.0 Å². The molecule has 0 saturated heterocycles. The highest BCUT2D eigenvalue weighted by Crippen LogP contribution is 2.15. The number of aliphatic carboxylic acids is 1. The van der Waals surface area contributed by atoms with Gasteiger partial charge in [0.2, 0.25) is 0 Å². The maximum absolute atomic E-state index is 12.0. The van der Waals surface area contributed by atoms with E-state index in [0.29, 0.717) is 5.56 Å². The third kappa shape index (κ3) is 3.09. The monoisotopic (exact) mass is 249 g/mol. The van der Waals surface area contributed by atoms with Crippen LogP contribution in [0.4, 0.5) is 0 Å². The van der Waals surface area contributed by atoms with E-state index in [1.165, 1.54) is 0 Å². The van der Waals surface area contributed by atoms with Crippen LogP contribution in [-0.2, 0) is 4.79 Å². The van der Waals surface area contributed by atoms with E-state index >= 15 is 0 Å². The number of hydrogen-bond donors (Lipinski definition) is 2. The van der Waals surface area contributed by atoms with Crippen LogP contribution >= 0.6 is 0 Å². The minimum atomic E-state index is -0.965. The zero-order valence-electron chi connectivity index (χ0n) is 11.2. The van der Waals surface area contributed by atoms with Gasteiger partial charge < -0.3 is 10.4 Å². The molecule has 4 heteroatoms. The molecule has 0 spiro atoms. The van der Waals surface area contributed by atoms with E-state index in [-0.39, 0.29) is 12.5 Å². The first-order chi connectivity index (χ1) is 8.25. The van der Waals surface area contributed by atoms with E-state index in [1.54, 1.807) is 19.9 Å². The number of carbonyl (C=O) groups is 2. The van der Waals surface area contributed by atoms with E-state index in [4.69, 9.17) is 5.11 Å². The van der Waals surface area contributed by atoms with Crippen LogP contribution in [0.5, 0.6) is 0 Å². The Bertz CT molecular complexity index is 478. The van der Waals surface area contributed by atoms with Gasteiger partial charge in [-0.1, -0.05) is 12.1 Å². The molecule has 0 fully saturated rings. The number of hydrogen-bond acceptors (Lipinski definition) is 2. The maximum Gasteiger partial charge on any atom is 0.310 e. The number of carbonyl (C=O) groups excluding carboxylic acids is 1. The van der Waals surface area contributed by atoms with Crippen molar-refractivity contribution in [1.82, 2.24) is 5.32 Å². The molecule has 0 aliphatic carbocycles. The van der Waals surface area contributed by atoms with Crippen LogP contribution in [0, 0.1) is 19.3 Å². The van der Waals surface area contributed by atoms with E-state index in [2.05, 4.69) is 5.32 Å². The summed E-state index contributed by atoms with van der Waals surface area (Å²) in [4.78, 5) is 22.9. The molecule has 0 saturated carbocycles. The first-order valence-corrected chi connectivity index (χ1v) is 5.83. The summed E-state index contributed by atoms with van der Waals surface area (Å²) in [5.74, 6) is -1.16. The Morgan fingerprint density at radius 3 is 2.44 bits per heavy atom. The lowest BCUT2D eigenvalue weighted by molar-refractivity contribution is -0.146. The van der Waals surface area contributed by atoms with Crippen LogP contribution in [0.25, 0.3) is 0 Å². The summed E-state index contributed by atoms with van der Waals surface area (Å²) in [5, 5.41) is 11.6. The SMILES string of the molecule is Cc1cccc(C(=O)NCC(C)(C)C(=O)O)c1C. The molecule has 1 amide bonds. The van der Waals surface area contributed by atoms with Gasteiger partial charge in [-0.2, -0.15) is 0 Å². The van der Waals surface area contributed by atoms with E-state index in [9.17, 15) is 9.59 Å². The first kappa shape index (κ1) is 14.2. The zero-order valence-corrected chi connectivity index (χ0v) is 11.2. The van der Waals surface area contributed by atoms with Crippen LogP contribution < -0.4 is 5.32 Å². The fourth-order valence-corrected chi connectivity index (χ4v) is 1.47. The number of nitrogens with one attached hydrogen (secondary N) is 1. The van der Waals surface area contributed by atoms with Crippen molar-refractivity contribution in [1.29, 1.82) is 0 Å². The molecule has 0 aromatic heterocycles. The third-order valence-corrected chi connectivity index (χ3v) is 3.12. The van der Waals surface area contributed by atoms with Crippen LogP contribution in [0.1, 0.15) is 35.3 Å². The largest absolute Gasteiger partial charge is 0.481 e. The molecule has 0 radical (unpaired) electrons. The zero-order chi connectivity index (χ0) is 13.9. The molecule has 0 heterocycles. The minimum Gasteiger partial charge on any atom is -0.481 e. The predicted molar refractivity (Wildman–Crippen MR) is 69.7 cm³/mol. The second-order valence-electron chi connectivity index (χ2n) is 5.12. The number of carboxylic acid groups (broad SMARTS) is 1. The summed E-state index contributed by atoms with van der Waals surface area (Å²) < 4.78 is 0. The number of benzene rings is 1. The summed E-state index contributed by atoms with van der Waals surface area (Å²) in [5.41, 5.74) is 1.59. The molecule has 1 rings (SSSR count). The van der Waals surface area contributed by atoms with E-state index in [0.717, 1.165) is 11.1 Å². The van der Waals surface area contributed by atoms with Gasteiger partial charge in [0.15, 0.2) is 0 Å². The second kappa shape index (κ2) is 5.21.